The molecule has 1 atom stereocenters. The fraction of sp³-hybridized carbons (Fsp3) is 0.421. The summed E-state index contributed by atoms with van der Waals surface area (Å²) in [4.78, 5) is 38.1. The summed E-state index contributed by atoms with van der Waals surface area (Å²) in [5.74, 6) is -0.966. The van der Waals surface area contributed by atoms with Crippen LogP contribution in [0.1, 0.15) is 38.1 Å². The van der Waals surface area contributed by atoms with E-state index < -0.39 is 23.7 Å². The lowest BCUT2D eigenvalue weighted by atomic mass is 10.1. The van der Waals surface area contributed by atoms with Crippen LogP contribution >= 0.6 is 15.9 Å². The average molecular weight is 424 g/mol. The van der Waals surface area contributed by atoms with E-state index in [4.69, 9.17) is 9.47 Å². The molecular weight excluding hydrogens is 402 g/mol. The minimum Gasteiger partial charge on any atom is -0.456 e. The molecule has 0 unspecified atom stereocenters. The van der Waals surface area contributed by atoms with Crippen molar-refractivity contribution < 1.29 is 23.9 Å². The first-order valence-electron chi connectivity index (χ1n) is 8.19. The Labute approximate surface area is 161 Å². The second-order valence-electron chi connectivity index (χ2n) is 7.10. The van der Waals surface area contributed by atoms with E-state index in [0.717, 1.165) is 10.0 Å². The molecule has 0 fully saturated rings. The largest absolute Gasteiger partial charge is 0.456 e. The summed E-state index contributed by atoms with van der Waals surface area (Å²) in [7, 11) is 0. The van der Waals surface area contributed by atoms with Gasteiger partial charge in [0.15, 0.2) is 18.4 Å². The topological polar surface area (TPSA) is 72.9 Å². The Morgan fingerprint density at radius 2 is 1.81 bits per heavy atom. The molecule has 1 amide bonds. The predicted octanol–water partition coefficient (Wildman–Crippen LogP) is 3.74. The third-order valence-electron chi connectivity index (χ3n) is 3.58. The molecule has 1 heterocycles. The van der Waals surface area contributed by atoms with Gasteiger partial charge in [-0.05, 0) is 39.8 Å². The summed E-state index contributed by atoms with van der Waals surface area (Å²) in [6.07, 6.45) is 1.06. The number of Topliss-reactive ketones (excluding diaryl/α,β-unsaturated/α-hetero) is 1. The van der Waals surface area contributed by atoms with Gasteiger partial charge in [-0.15, -0.1) is 0 Å². The van der Waals surface area contributed by atoms with Gasteiger partial charge in [-0.1, -0.05) is 39.7 Å². The van der Waals surface area contributed by atoms with Gasteiger partial charge in [0.1, 0.15) is 5.60 Å². The van der Waals surface area contributed by atoms with Crippen molar-refractivity contribution in [2.75, 3.05) is 13.2 Å². The normalized spacial score (nSPS) is 16.9. The van der Waals surface area contributed by atoms with Crippen molar-refractivity contribution in [3.8, 4) is 0 Å². The summed E-state index contributed by atoms with van der Waals surface area (Å²) in [5, 5.41) is 0. The number of carbonyl (C=O) groups excluding carboxylic acids is 3. The van der Waals surface area contributed by atoms with E-state index in [0.29, 0.717) is 5.56 Å². The number of carbonyl (C=O) groups is 3. The molecule has 0 radical (unpaired) electrons. The summed E-state index contributed by atoms with van der Waals surface area (Å²) >= 11 is 3.30. The van der Waals surface area contributed by atoms with Crippen LogP contribution in [0.15, 0.2) is 40.4 Å². The number of benzene rings is 1. The number of esters is 1. The van der Waals surface area contributed by atoms with E-state index in [1.54, 1.807) is 51.1 Å². The first-order valence-corrected chi connectivity index (χ1v) is 8.98. The fourth-order valence-electron chi connectivity index (χ4n) is 2.41. The van der Waals surface area contributed by atoms with Crippen molar-refractivity contribution in [2.45, 2.75) is 39.3 Å². The highest BCUT2D eigenvalue weighted by Gasteiger charge is 2.36. The maximum absolute atomic E-state index is 12.4. The molecule has 1 aliphatic rings. The van der Waals surface area contributed by atoms with Gasteiger partial charge in [-0.25, -0.2) is 9.59 Å². The lowest BCUT2D eigenvalue weighted by Gasteiger charge is -2.27. The minimum absolute atomic E-state index is 0.287. The molecule has 0 aliphatic carbocycles. The molecule has 2 rings (SSSR count). The molecular formula is C19H22BrNO5. The molecule has 6 nitrogen and oxygen atoms in total. The number of ether oxygens (including phenoxy) is 2. The smallest absolute Gasteiger partial charge is 0.411 e. The molecule has 1 aliphatic heterocycles. The third-order valence-corrected chi connectivity index (χ3v) is 4.11. The number of ketones is 1. The lowest BCUT2D eigenvalue weighted by Crippen LogP contribution is -2.44. The Hall–Kier alpha value is -2.15. The third kappa shape index (κ3) is 5.42. The Kier molecular flexibility index (Phi) is 6.23. The Bertz CT molecular complexity index is 733. The van der Waals surface area contributed by atoms with Crippen LogP contribution in [0.4, 0.5) is 4.79 Å². The number of hydrogen-bond donors (Lipinski definition) is 0. The van der Waals surface area contributed by atoms with Crippen LogP contribution in [-0.2, 0) is 14.3 Å². The van der Waals surface area contributed by atoms with Gasteiger partial charge in [0.2, 0.25) is 0 Å². The first-order chi connectivity index (χ1) is 12.1. The van der Waals surface area contributed by atoms with Gasteiger partial charge >= 0.3 is 12.1 Å². The number of halogens is 1. The minimum atomic E-state index is -0.887. The quantitative estimate of drug-likeness (QED) is 0.418. The highest BCUT2D eigenvalue weighted by molar-refractivity contribution is 9.10. The van der Waals surface area contributed by atoms with Crippen LogP contribution in [0.5, 0.6) is 0 Å². The van der Waals surface area contributed by atoms with Gasteiger partial charge in [0.25, 0.3) is 0 Å². The maximum Gasteiger partial charge on any atom is 0.411 e. The predicted molar refractivity (Wildman–Crippen MR) is 99.9 cm³/mol. The van der Waals surface area contributed by atoms with Gasteiger partial charge in [0, 0.05) is 16.6 Å². The molecule has 0 saturated heterocycles. The molecule has 0 bridgehead atoms. The number of nitrogens with zero attached hydrogens (tertiary/aromatic N) is 1. The molecule has 0 saturated carbocycles. The average Bonchev–Trinajstić information content (AvgIpc) is 2.93. The van der Waals surface area contributed by atoms with Crippen LogP contribution in [0.2, 0.25) is 0 Å². The zero-order chi connectivity index (χ0) is 19.5. The maximum atomic E-state index is 12.4. The first kappa shape index (κ1) is 20.2. The Morgan fingerprint density at radius 3 is 2.38 bits per heavy atom. The van der Waals surface area contributed by atoms with Crippen LogP contribution in [-0.4, -0.2) is 47.5 Å². The Morgan fingerprint density at radius 1 is 1.19 bits per heavy atom. The van der Waals surface area contributed by atoms with Crippen molar-refractivity contribution in [1.29, 1.82) is 0 Å². The van der Waals surface area contributed by atoms with Gasteiger partial charge in [0.05, 0.1) is 0 Å². The van der Waals surface area contributed by atoms with Crippen molar-refractivity contribution in [1.82, 2.24) is 4.90 Å². The molecule has 7 heteroatoms. The van der Waals surface area contributed by atoms with E-state index in [1.165, 1.54) is 4.90 Å². The molecule has 0 aromatic heterocycles. The van der Waals surface area contributed by atoms with Crippen LogP contribution < -0.4 is 0 Å². The van der Waals surface area contributed by atoms with E-state index in [2.05, 4.69) is 15.9 Å². The molecule has 1 aromatic carbocycles. The molecule has 0 spiro atoms. The zero-order valence-corrected chi connectivity index (χ0v) is 16.8. The SMILES string of the molecule is CC1=C[C@@H](C(=O)OCC(=O)c2ccc(Br)cc2)N(C(=O)OC(C)(C)C)C1. The number of hydrogen-bond acceptors (Lipinski definition) is 5. The van der Waals surface area contributed by atoms with Gasteiger partial charge in [-0.3, -0.25) is 9.69 Å². The fourth-order valence-corrected chi connectivity index (χ4v) is 2.68. The van der Waals surface area contributed by atoms with E-state index in [1.807, 2.05) is 6.92 Å². The van der Waals surface area contributed by atoms with Crippen molar-refractivity contribution >= 4 is 33.8 Å². The number of amides is 1. The second kappa shape index (κ2) is 8.03. The van der Waals surface area contributed by atoms with Crippen LogP contribution in [0.3, 0.4) is 0 Å². The summed E-state index contributed by atoms with van der Waals surface area (Å²) in [6, 6.07) is 5.88. The summed E-state index contributed by atoms with van der Waals surface area (Å²) in [6.45, 7) is 6.99. The summed E-state index contributed by atoms with van der Waals surface area (Å²) < 4.78 is 11.3. The highest BCUT2D eigenvalue weighted by atomic mass is 79.9. The van der Waals surface area contributed by atoms with E-state index in [-0.39, 0.29) is 18.9 Å². The van der Waals surface area contributed by atoms with Gasteiger partial charge < -0.3 is 9.47 Å². The summed E-state index contributed by atoms with van der Waals surface area (Å²) in [5.41, 5.74) is 0.639. The Balaban J connectivity index is 1.99. The van der Waals surface area contributed by atoms with Crippen molar-refractivity contribution in [2.24, 2.45) is 0 Å². The van der Waals surface area contributed by atoms with Gasteiger partial charge in [-0.2, -0.15) is 0 Å². The highest BCUT2D eigenvalue weighted by Crippen LogP contribution is 2.21. The van der Waals surface area contributed by atoms with Crippen molar-refractivity contribution in [3.63, 3.8) is 0 Å². The van der Waals surface area contributed by atoms with E-state index in [9.17, 15) is 14.4 Å². The molecule has 0 N–H and O–H groups in total. The molecule has 26 heavy (non-hydrogen) atoms. The van der Waals surface area contributed by atoms with E-state index >= 15 is 0 Å². The molecule has 1 aromatic rings. The molecule has 140 valence electrons. The lowest BCUT2D eigenvalue weighted by molar-refractivity contribution is -0.146. The monoisotopic (exact) mass is 423 g/mol. The van der Waals surface area contributed by atoms with Crippen LogP contribution in [0, 0.1) is 0 Å². The zero-order valence-electron chi connectivity index (χ0n) is 15.2. The number of rotatable bonds is 4. The van der Waals surface area contributed by atoms with Crippen molar-refractivity contribution in [3.05, 3.63) is 46.0 Å². The second-order valence-corrected chi connectivity index (χ2v) is 8.02. The standard InChI is InChI=1S/C19H22BrNO5/c1-12-9-15(21(10-12)18(24)26-19(2,3)4)17(23)25-11-16(22)13-5-7-14(20)8-6-13/h5-9,15H,10-11H2,1-4H3/t15-/m0/s1. The van der Waals surface area contributed by atoms with Crippen LogP contribution in [0.25, 0.3) is 0 Å².